The Kier molecular flexibility index (Phi) is 5.41. The second kappa shape index (κ2) is 5.23. The number of allylic oxidation sites excluding steroid dienone is 2. The first-order valence-corrected chi connectivity index (χ1v) is 5.81. The van der Waals surface area contributed by atoms with Gasteiger partial charge in [-0.05, 0) is 20.3 Å². The summed E-state index contributed by atoms with van der Waals surface area (Å²) in [6.07, 6.45) is -0.523. The molecule has 0 bridgehead atoms. The molecule has 0 unspecified atom stereocenters. The smallest absolute Gasteiger partial charge is 0.195 e. The highest BCUT2D eigenvalue weighted by atomic mass is 127. The van der Waals surface area contributed by atoms with Gasteiger partial charge in [-0.1, -0.05) is 45.2 Å². The highest BCUT2D eigenvalue weighted by Crippen LogP contribution is 2.47. The minimum absolute atomic E-state index is 0.261. The molecule has 0 aliphatic rings. The summed E-state index contributed by atoms with van der Waals surface area (Å²) < 4.78 is 77.3. The highest BCUT2D eigenvalue weighted by molar-refractivity contribution is 14.1. The molecule has 0 aromatic rings. The van der Waals surface area contributed by atoms with E-state index in [1.807, 2.05) is 0 Å². The van der Waals surface area contributed by atoms with Crippen molar-refractivity contribution < 1.29 is 26.3 Å². The van der Waals surface area contributed by atoms with Gasteiger partial charge in [-0.2, -0.15) is 26.3 Å². The van der Waals surface area contributed by atoms with Crippen LogP contribution in [-0.4, -0.2) is 17.8 Å². The first-order valence-electron chi connectivity index (χ1n) is 3.31. The van der Waals surface area contributed by atoms with Crippen LogP contribution in [0.1, 0.15) is 0 Å². The highest BCUT2D eigenvalue weighted by Gasteiger charge is 2.69. The normalized spacial score (nSPS) is 15.5. The standard InChI is InChI=1S/C7H4F6I2/c8-5(9,1-3-14)7(12,13)6(10,11)2-4-15/h1-4H/b3-1+,4-2+. The van der Waals surface area contributed by atoms with Crippen LogP contribution in [0.4, 0.5) is 26.3 Å². The monoisotopic (exact) mass is 456 g/mol. The van der Waals surface area contributed by atoms with Crippen molar-refractivity contribution in [2.45, 2.75) is 17.8 Å². The third kappa shape index (κ3) is 3.24. The molecule has 0 saturated heterocycles. The lowest BCUT2D eigenvalue weighted by Gasteiger charge is -2.29. The quantitative estimate of drug-likeness (QED) is 0.422. The van der Waals surface area contributed by atoms with Gasteiger partial charge in [-0.15, -0.1) is 0 Å². The molecule has 0 aliphatic carbocycles. The van der Waals surface area contributed by atoms with Crippen molar-refractivity contribution in [1.29, 1.82) is 0 Å². The summed E-state index contributed by atoms with van der Waals surface area (Å²) in [5.74, 6) is -15.2. The molecule has 0 N–H and O–H groups in total. The second-order valence-corrected chi connectivity index (χ2v) is 3.84. The van der Waals surface area contributed by atoms with Gasteiger partial charge in [-0.25, -0.2) is 0 Å². The van der Waals surface area contributed by atoms with Crippen LogP contribution in [0.15, 0.2) is 20.3 Å². The Morgan fingerprint density at radius 2 is 0.933 bits per heavy atom. The van der Waals surface area contributed by atoms with Crippen LogP contribution >= 0.6 is 45.2 Å². The van der Waals surface area contributed by atoms with Crippen LogP contribution in [0.25, 0.3) is 0 Å². The summed E-state index contributed by atoms with van der Waals surface area (Å²) in [4.78, 5) is 0. The Bertz CT molecular complexity index is 245. The maximum absolute atomic E-state index is 12.7. The molecule has 0 heterocycles. The molecular formula is C7H4F6I2. The Morgan fingerprint density at radius 1 is 0.667 bits per heavy atom. The molecule has 88 valence electrons. The summed E-state index contributed by atoms with van der Waals surface area (Å²) in [5, 5.41) is 0. The number of hydrogen-bond donors (Lipinski definition) is 0. The van der Waals surface area contributed by atoms with E-state index in [2.05, 4.69) is 0 Å². The van der Waals surface area contributed by atoms with Crippen molar-refractivity contribution in [2.75, 3.05) is 0 Å². The fourth-order valence-corrected chi connectivity index (χ4v) is 1.49. The maximum Gasteiger partial charge on any atom is 0.379 e. The summed E-state index contributed by atoms with van der Waals surface area (Å²) in [6.45, 7) is 0. The topological polar surface area (TPSA) is 0 Å². The largest absolute Gasteiger partial charge is 0.379 e. The molecule has 0 aromatic heterocycles. The molecule has 0 aromatic carbocycles. The third-order valence-electron chi connectivity index (χ3n) is 1.38. The minimum Gasteiger partial charge on any atom is -0.195 e. The van der Waals surface area contributed by atoms with Crippen LogP contribution in [-0.2, 0) is 0 Å². The van der Waals surface area contributed by atoms with Gasteiger partial charge in [-0.3, -0.25) is 0 Å². The van der Waals surface area contributed by atoms with Gasteiger partial charge in [0.1, 0.15) is 0 Å². The fourth-order valence-electron chi connectivity index (χ4n) is 0.590. The maximum atomic E-state index is 12.7. The lowest BCUT2D eigenvalue weighted by atomic mass is 10.1. The molecule has 0 spiro atoms. The Morgan fingerprint density at radius 3 is 1.13 bits per heavy atom. The predicted molar refractivity (Wildman–Crippen MR) is 61.2 cm³/mol. The minimum atomic E-state index is -5.46. The summed E-state index contributed by atoms with van der Waals surface area (Å²) in [5.41, 5.74) is 0. The molecule has 0 nitrogen and oxygen atoms in total. The van der Waals surface area contributed by atoms with Crippen LogP contribution < -0.4 is 0 Å². The van der Waals surface area contributed by atoms with Gasteiger partial charge < -0.3 is 0 Å². The molecule has 0 saturated carbocycles. The van der Waals surface area contributed by atoms with Crippen LogP contribution in [0, 0.1) is 0 Å². The van der Waals surface area contributed by atoms with E-state index >= 15 is 0 Å². The van der Waals surface area contributed by atoms with Crippen molar-refractivity contribution in [3.63, 3.8) is 0 Å². The summed E-state index contributed by atoms with van der Waals surface area (Å²) >= 11 is 2.49. The van der Waals surface area contributed by atoms with Gasteiger partial charge in [0.15, 0.2) is 0 Å². The molecule has 0 amide bonds. The van der Waals surface area contributed by atoms with E-state index in [0.29, 0.717) is 8.17 Å². The lowest BCUT2D eigenvalue weighted by molar-refractivity contribution is -0.273. The average molecular weight is 456 g/mol. The first-order chi connectivity index (χ1) is 6.62. The van der Waals surface area contributed by atoms with Crippen molar-refractivity contribution in [2.24, 2.45) is 0 Å². The molecular weight excluding hydrogens is 452 g/mol. The van der Waals surface area contributed by atoms with E-state index in [1.54, 1.807) is 0 Å². The van der Waals surface area contributed by atoms with E-state index in [4.69, 9.17) is 0 Å². The summed E-state index contributed by atoms with van der Waals surface area (Å²) in [6, 6.07) is 0. The predicted octanol–water partition coefficient (Wildman–Crippen LogP) is 4.79. The zero-order chi connectivity index (χ0) is 12.3. The molecule has 0 atom stereocenters. The van der Waals surface area contributed by atoms with Crippen LogP contribution in [0.3, 0.4) is 0 Å². The first kappa shape index (κ1) is 15.5. The fraction of sp³-hybridized carbons (Fsp3) is 0.429. The van der Waals surface area contributed by atoms with E-state index < -0.39 is 17.8 Å². The summed E-state index contributed by atoms with van der Waals surface area (Å²) in [7, 11) is 0. The van der Waals surface area contributed by atoms with E-state index in [-0.39, 0.29) is 12.2 Å². The van der Waals surface area contributed by atoms with E-state index in [0.717, 1.165) is 0 Å². The molecule has 8 heteroatoms. The molecule has 0 rings (SSSR count). The Balaban J connectivity index is 5.29. The second-order valence-electron chi connectivity index (χ2n) is 2.41. The molecule has 15 heavy (non-hydrogen) atoms. The van der Waals surface area contributed by atoms with Gasteiger partial charge >= 0.3 is 17.8 Å². The van der Waals surface area contributed by atoms with Crippen LogP contribution in [0.5, 0.6) is 0 Å². The number of halogens is 8. The van der Waals surface area contributed by atoms with Crippen molar-refractivity contribution in [3.8, 4) is 0 Å². The molecule has 0 radical (unpaired) electrons. The number of alkyl halides is 6. The van der Waals surface area contributed by atoms with E-state index in [9.17, 15) is 26.3 Å². The van der Waals surface area contributed by atoms with Crippen molar-refractivity contribution in [3.05, 3.63) is 20.3 Å². The zero-order valence-corrected chi connectivity index (χ0v) is 11.1. The average Bonchev–Trinajstić information content (AvgIpc) is 2.03. The zero-order valence-electron chi connectivity index (χ0n) is 6.83. The van der Waals surface area contributed by atoms with Crippen molar-refractivity contribution in [1.82, 2.24) is 0 Å². The third-order valence-corrected chi connectivity index (χ3v) is 2.10. The molecule has 0 fully saturated rings. The van der Waals surface area contributed by atoms with Gasteiger partial charge in [0.25, 0.3) is 0 Å². The lowest BCUT2D eigenvalue weighted by Crippen LogP contribution is -2.52. The van der Waals surface area contributed by atoms with Crippen LogP contribution in [0.2, 0.25) is 0 Å². The number of rotatable bonds is 4. The SMILES string of the molecule is FC(F)(/C=C/I)C(F)(F)C(F)(F)/C=C/I. The Labute approximate surface area is 109 Å². The Hall–Kier alpha value is 0.520. The van der Waals surface area contributed by atoms with Gasteiger partial charge in [0, 0.05) is 0 Å². The molecule has 0 aliphatic heterocycles. The van der Waals surface area contributed by atoms with Crippen molar-refractivity contribution >= 4 is 45.2 Å². The van der Waals surface area contributed by atoms with E-state index in [1.165, 1.54) is 45.2 Å². The number of hydrogen-bond acceptors (Lipinski definition) is 0. The van der Waals surface area contributed by atoms with Gasteiger partial charge in [0.2, 0.25) is 0 Å². The van der Waals surface area contributed by atoms with Gasteiger partial charge in [0.05, 0.1) is 0 Å².